The first-order valence-corrected chi connectivity index (χ1v) is 7.28. The zero-order chi connectivity index (χ0) is 16.9. The van der Waals surface area contributed by atoms with Gasteiger partial charge in [-0.1, -0.05) is 6.07 Å². The van der Waals surface area contributed by atoms with Gasteiger partial charge < -0.3 is 10.6 Å². The Labute approximate surface area is 137 Å². The van der Waals surface area contributed by atoms with Crippen LogP contribution in [0.1, 0.15) is 29.3 Å². The van der Waals surface area contributed by atoms with Gasteiger partial charge in [-0.15, -0.1) is 10.2 Å². The summed E-state index contributed by atoms with van der Waals surface area (Å²) in [5.41, 5.74) is 0.853. The van der Waals surface area contributed by atoms with Gasteiger partial charge in [-0.25, -0.2) is 4.98 Å². The molecule has 0 fully saturated rings. The third-order valence-electron chi connectivity index (χ3n) is 3.31. The number of carbonyl (C=O) groups is 2. The Hall–Kier alpha value is -3.36. The number of aromatic nitrogens is 5. The van der Waals surface area contributed by atoms with E-state index in [-0.39, 0.29) is 24.2 Å². The van der Waals surface area contributed by atoms with E-state index in [1.54, 1.807) is 11.3 Å². The highest BCUT2D eigenvalue weighted by Crippen LogP contribution is 2.11. The lowest BCUT2D eigenvalue weighted by Crippen LogP contribution is -2.38. The number of nitrogens with one attached hydrogen (secondary N) is 2. The van der Waals surface area contributed by atoms with Crippen LogP contribution in [-0.2, 0) is 4.79 Å². The molecule has 9 nitrogen and oxygen atoms in total. The fraction of sp³-hybridized carbons (Fsp3) is 0.200. The Balaban J connectivity index is 1.58. The van der Waals surface area contributed by atoms with Gasteiger partial charge in [0.2, 0.25) is 5.91 Å². The van der Waals surface area contributed by atoms with Gasteiger partial charge in [-0.3, -0.25) is 19.0 Å². The van der Waals surface area contributed by atoms with Crippen molar-refractivity contribution in [1.29, 1.82) is 0 Å². The molecule has 3 heterocycles. The summed E-state index contributed by atoms with van der Waals surface area (Å²) in [5.74, 6) is -0.189. The second-order valence-electron chi connectivity index (χ2n) is 5.05. The first-order chi connectivity index (χ1) is 11.6. The van der Waals surface area contributed by atoms with E-state index in [4.69, 9.17) is 0 Å². The van der Waals surface area contributed by atoms with E-state index in [0.29, 0.717) is 11.5 Å². The van der Waals surface area contributed by atoms with Gasteiger partial charge in [0.05, 0.1) is 18.8 Å². The Bertz CT molecular complexity index is 862. The van der Waals surface area contributed by atoms with E-state index < -0.39 is 5.91 Å². The number of hydrogen-bond acceptors (Lipinski definition) is 6. The van der Waals surface area contributed by atoms with Gasteiger partial charge in [0.25, 0.3) is 5.91 Å². The first-order valence-electron chi connectivity index (χ1n) is 7.28. The van der Waals surface area contributed by atoms with Crippen LogP contribution in [0.2, 0.25) is 0 Å². The van der Waals surface area contributed by atoms with E-state index in [9.17, 15) is 9.59 Å². The number of pyridine rings is 1. The molecule has 2 amide bonds. The van der Waals surface area contributed by atoms with Crippen LogP contribution in [-0.4, -0.2) is 42.9 Å². The van der Waals surface area contributed by atoms with Gasteiger partial charge in [0.1, 0.15) is 5.69 Å². The van der Waals surface area contributed by atoms with Crippen LogP contribution >= 0.6 is 0 Å². The molecule has 0 bridgehead atoms. The van der Waals surface area contributed by atoms with E-state index in [2.05, 4.69) is 30.8 Å². The van der Waals surface area contributed by atoms with E-state index in [1.807, 2.05) is 24.4 Å². The normalized spacial score (nSPS) is 11.9. The minimum Gasteiger partial charge on any atom is -0.345 e. The highest BCUT2D eigenvalue weighted by atomic mass is 16.2. The Morgan fingerprint density at radius 2 is 2.12 bits per heavy atom. The van der Waals surface area contributed by atoms with E-state index in [1.165, 1.54) is 18.6 Å². The minimum atomic E-state index is -0.459. The molecule has 0 aliphatic heterocycles. The molecule has 2 N–H and O–H groups in total. The quantitative estimate of drug-likeness (QED) is 0.689. The second-order valence-corrected chi connectivity index (χ2v) is 5.05. The second kappa shape index (κ2) is 6.82. The third kappa shape index (κ3) is 3.35. The molecule has 0 radical (unpaired) electrons. The monoisotopic (exact) mass is 325 g/mol. The minimum absolute atomic E-state index is 0.154. The maximum absolute atomic E-state index is 12.0. The molecule has 3 aromatic heterocycles. The summed E-state index contributed by atoms with van der Waals surface area (Å²) in [4.78, 5) is 31.5. The first kappa shape index (κ1) is 15.5. The zero-order valence-corrected chi connectivity index (χ0v) is 12.9. The maximum Gasteiger partial charge on any atom is 0.271 e. The van der Waals surface area contributed by atoms with E-state index in [0.717, 1.165) is 0 Å². The molecule has 122 valence electrons. The number of carbonyl (C=O) groups excluding carboxylic acids is 2. The molecule has 0 aliphatic rings. The largest absolute Gasteiger partial charge is 0.345 e. The lowest BCUT2D eigenvalue weighted by atomic mass is 10.3. The molecule has 0 spiro atoms. The van der Waals surface area contributed by atoms with Gasteiger partial charge in [0.15, 0.2) is 11.5 Å². The molecule has 24 heavy (non-hydrogen) atoms. The summed E-state index contributed by atoms with van der Waals surface area (Å²) >= 11 is 0. The van der Waals surface area contributed by atoms with Crippen molar-refractivity contribution in [1.82, 2.24) is 35.2 Å². The zero-order valence-electron chi connectivity index (χ0n) is 12.9. The van der Waals surface area contributed by atoms with Crippen molar-refractivity contribution in [2.24, 2.45) is 0 Å². The number of amides is 2. The fourth-order valence-electron chi connectivity index (χ4n) is 2.18. The van der Waals surface area contributed by atoms with Gasteiger partial charge >= 0.3 is 0 Å². The van der Waals surface area contributed by atoms with Crippen LogP contribution < -0.4 is 10.6 Å². The Morgan fingerprint density at radius 3 is 2.92 bits per heavy atom. The van der Waals surface area contributed by atoms with E-state index >= 15 is 0 Å². The molecule has 9 heteroatoms. The molecule has 0 saturated carbocycles. The highest BCUT2D eigenvalue weighted by Gasteiger charge is 2.16. The van der Waals surface area contributed by atoms with Crippen LogP contribution in [0.5, 0.6) is 0 Å². The van der Waals surface area contributed by atoms with Crippen LogP contribution in [0, 0.1) is 0 Å². The average Bonchev–Trinajstić information content (AvgIpc) is 3.04. The number of nitrogens with zero attached hydrogens (tertiary/aromatic N) is 5. The Morgan fingerprint density at radius 1 is 1.25 bits per heavy atom. The van der Waals surface area contributed by atoms with Gasteiger partial charge in [-0.05, 0) is 19.1 Å². The van der Waals surface area contributed by atoms with Crippen molar-refractivity contribution >= 4 is 17.5 Å². The van der Waals surface area contributed by atoms with Crippen molar-refractivity contribution in [2.45, 2.75) is 13.0 Å². The van der Waals surface area contributed by atoms with Crippen molar-refractivity contribution in [3.05, 3.63) is 54.5 Å². The van der Waals surface area contributed by atoms with Crippen LogP contribution in [0.25, 0.3) is 5.65 Å². The predicted octanol–water partition coefficient (Wildman–Crippen LogP) is 0.126. The smallest absolute Gasteiger partial charge is 0.271 e. The van der Waals surface area contributed by atoms with Crippen LogP contribution in [0.4, 0.5) is 0 Å². The summed E-state index contributed by atoms with van der Waals surface area (Å²) in [5, 5.41) is 13.4. The van der Waals surface area contributed by atoms with Crippen LogP contribution in [0.3, 0.4) is 0 Å². The molecule has 0 aromatic carbocycles. The van der Waals surface area contributed by atoms with Crippen molar-refractivity contribution in [3.8, 4) is 0 Å². The molecule has 3 rings (SSSR count). The fourth-order valence-corrected chi connectivity index (χ4v) is 2.18. The number of fused-ring (bicyclic) bond motifs is 1. The SMILES string of the molecule is CC(NC(=O)CNC(=O)c1cnccn1)c1nnc2ccccn12. The average molecular weight is 325 g/mol. The Kier molecular flexibility index (Phi) is 4.41. The summed E-state index contributed by atoms with van der Waals surface area (Å²) < 4.78 is 1.79. The lowest BCUT2D eigenvalue weighted by Gasteiger charge is -2.12. The van der Waals surface area contributed by atoms with Crippen LogP contribution in [0.15, 0.2) is 43.0 Å². The molecule has 0 saturated heterocycles. The molecule has 3 aromatic rings. The lowest BCUT2D eigenvalue weighted by molar-refractivity contribution is -0.120. The molecular formula is C15H15N7O2. The molecule has 1 unspecified atom stereocenters. The molecule has 0 aliphatic carbocycles. The number of rotatable bonds is 5. The summed E-state index contributed by atoms with van der Waals surface area (Å²) in [6.07, 6.45) is 6.03. The molecule has 1 atom stereocenters. The van der Waals surface area contributed by atoms with Gasteiger partial charge in [0, 0.05) is 18.6 Å². The standard InChI is InChI=1S/C15H15N7O2/c1-10(14-21-20-12-4-2-3-7-22(12)14)19-13(23)9-18-15(24)11-8-16-5-6-17-11/h2-8,10H,9H2,1H3,(H,18,24)(H,19,23). The van der Waals surface area contributed by atoms with Gasteiger partial charge in [-0.2, -0.15) is 0 Å². The predicted molar refractivity (Wildman–Crippen MR) is 83.9 cm³/mol. The van der Waals surface area contributed by atoms with Crippen molar-refractivity contribution in [3.63, 3.8) is 0 Å². The summed E-state index contributed by atoms with van der Waals surface area (Å²) in [7, 11) is 0. The highest BCUT2D eigenvalue weighted by molar-refractivity contribution is 5.94. The third-order valence-corrected chi connectivity index (χ3v) is 3.31. The maximum atomic E-state index is 12.0. The summed E-state index contributed by atoms with van der Waals surface area (Å²) in [6.45, 7) is 1.63. The summed E-state index contributed by atoms with van der Waals surface area (Å²) in [6, 6.07) is 5.18. The topological polar surface area (TPSA) is 114 Å². The number of hydrogen-bond donors (Lipinski definition) is 2. The van der Waals surface area contributed by atoms with Crippen molar-refractivity contribution < 1.29 is 9.59 Å². The molecular weight excluding hydrogens is 310 g/mol. The van der Waals surface area contributed by atoms with Crippen molar-refractivity contribution in [2.75, 3.05) is 6.54 Å².